The Bertz CT molecular complexity index is 788. The number of allylic oxidation sites excluding steroid dienone is 2. The number of carbonyl (C=O) groups is 1. The molecule has 1 aliphatic carbocycles. The highest BCUT2D eigenvalue weighted by atomic mass is 19.4. The molecule has 0 bridgehead atoms. The number of rotatable bonds is 4. The fraction of sp³-hybridized carbons (Fsp3) is 0.500. The highest BCUT2D eigenvalue weighted by molar-refractivity contribution is 6.05. The molecule has 0 saturated heterocycles. The lowest BCUT2D eigenvalue weighted by atomic mass is 9.75. The van der Waals surface area contributed by atoms with Crippen molar-refractivity contribution in [2.24, 2.45) is 5.92 Å². The van der Waals surface area contributed by atoms with Crippen molar-refractivity contribution in [3.63, 3.8) is 0 Å². The van der Waals surface area contributed by atoms with Crippen LogP contribution in [0.15, 0.2) is 29.8 Å². The van der Waals surface area contributed by atoms with E-state index in [0.717, 1.165) is 12.5 Å². The number of ketones is 1. The summed E-state index contributed by atoms with van der Waals surface area (Å²) in [7, 11) is 0. The zero-order valence-electron chi connectivity index (χ0n) is 14.6. The van der Waals surface area contributed by atoms with Gasteiger partial charge in [-0.1, -0.05) is 29.8 Å². The maximum atomic E-state index is 14.1. The van der Waals surface area contributed by atoms with Crippen molar-refractivity contribution in [2.75, 3.05) is 0 Å². The third-order valence-corrected chi connectivity index (χ3v) is 4.83. The predicted molar refractivity (Wildman–Crippen MR) is 82.4 cm³/mol. The van der Waals surface area contributed by atoms with Crippen molar-refractivity contribution in [3.8, 4) is 0 Å². The molecule has 1 nitrogen and oxygen atoms in total. The second-order valence-electron chi connectivity index (χ2n) is 6.69. The summed E-state index contributed by atoms with van der Waals surface area (Å²) in [6, 6.07) is 6.43. The highest BCUT2D eigenvalue weighted by Gasteiger charge is 2.83. The minimum atomic E-state index is -7.00. The quantitative estimate of drug-likeness (QED) is 0.531. The molecule has 1 aromatic carbocycles. The first-order valence-corrected chi connectivity index (χ1v) is 8.07. The SMILES string of the molecule is CC1=C(c2ccc(C)cc2)CCC(C(F)(F)C(F)(F)C(F)(F)C(F)(F)F)C1=O. The van der Waals surface area contributed by atoms with E-state index in [9.17, 15) is 44.3 Å². The molecule has 0 N–H and O–H groups in total. The Morgan fingerprint density at radius 3 is 1.79 bits per heavy atom. The van der Waals surface area contributed by atoms with Gasteiger partial charge in [-0.25, -0.2) is 0 Å². The zero-order chi connectivity index (χ0) is 21.7. The van der Waals surface area contributed by atoms with Gasteiger partial charge in [-0.15, -0.1) is 0 Å². The Kier molecular flexibility index (Phi) is 5.42. The van der Waals surface area contributed by atoms with Crippen LogP contribution in [0.3, 0.4) is 0 Å². The van der Waals surface area contributed by atoms with E-state index in [2.05, 4.69) is 0 Å². The van der Waals surface area contributed by atoms with E-state index in [0.29, 0.717) is 5.56 Å². The Morgan fingerprint density at radius 1 is 0.821 bits per heavy atom. The van der Waals surface area contributed by atoms with Crippen molar-refractivity contribution >= 4 is 11.4 Å². The minimum absolute atomic E-state index is 0.253. The maximum absolute atomic E-state index is 14.1. The molecular weight excluding hydrogens is 403 g/mol. The van der Waals surface area contributed by atoms with Crippen LogP contribution in [0.2, 0.25) is 0 Å². The summed E-state index contributed by atoms with van der Waals surface area (Å²) in [5.74, 6) is -24.3. The molecule has 1 aromatic rings. The zero-order valence-corrected chi connectivity index (χ0v) is 14.6. The molecule has 0 amide bonds. The molecule has 0 fully saturated rings. The van der Waals surface area contributed by atoms with E-state index in [-0.39, 0.29) is 17.6 Å². The van der Waals surface area contributed by atoms with Crippen LogP contribution in [-0.2, 0) is 4.79 Å². The second kappa shape index (κ2) is 6.81. The van der Waals surface area contributed by atoms with E-state index in [1.807, 2.05) is 0 Å². The van der Waals surface area contributed by atoms with Crippen LogP contribution in [0.25, 0.3) is 5.57 Å². The van der Waals surface area contributed by atoms with Gasteiger partial charge >= 0.3 is 23.9 Å². The number of Topliss-reactive ketones (excluding diaryl/α,β-unsaturated/α-hetero) is 1. The maximum Gasteiger partial charge on any atom is 0.460 e. The average Bonchev–Trinajstić information content (AvgIpc) is 2.56. The van der Waals surface area contributed by atoms with Crippen LogP contribution >= 0.6 is 0 Å². The summed E-state index contributed by atoms with van der Waals surface area (Å²) in [5, 5.41) is 0. The van der Waals surface area contributed by atoms with Crippen LogP contribution in [-0.4, -0.2) is 29.7 Å². The standard InChI is InChI=1S/C18H15F9O/c1-9-3-5-11(6-4-9)12-7-8-13(14(28)10(12)2)15(19,20)16(21,22)17(23,24)18(25,26)27/h3-6,13H,7-8H2,1-2H3. The first-order chi connectivity index (χ1) is 12.6. The van der Waals surface area contributed by atoms with E-state index in [4.69, 9.17) is 0 Å². The Labute approximate surface area is 154 Å². The first kappa shape index (κ1) is 22.3. The van der Waals surface area contributed by atoms with E-state index < -0.39 is 42.1 Å². The van der Waals surface area contributed by atoms with Gasteiger partial charge in [-0.2, -0.15) is 39.5 Å². The topological polar surface area (TPSA) is 17.1 Å². The molecule has 0 heterocycles. The van der Waals surface area contributed by atoms with Gasteiger partial charge in [-0.3, -0.25) is 4.79 Å². The Balaban J connectivity index is 2.44. The minimum Gasteiger partial charge on any atom is -0.294 e. The summed E-state index contributed by atoms with van der Waals surface area (Å²) in [5.41, 5.74) is 1.18. The van der Waals surface area contributed by atoms with Crippen LogP contribution in [0.1, 0.15) is 30.9 Å². The van der Waals surface area contributed by atoms with Gasteiger partial charge in [0, 0.05) is 0 Å². The molecule has 0 saturated carbocycles. The lowest BCUT2D eigenvalue weighted by molar-refractivity contribution is -0.401. The number of carbonyl (C=O) groups excluding carboxylic acids is 1. The van der Waals surface area contributed by atoms with Crippen LogP contribution in [0.5, 0.6) is 0 Å². The summed E-state index contributed by atoms with van der Waals surface area (Å²) in [6.07, 6.45) is -8.25. The number of aryl methyl sites for hydroxylation is 1. The summed E-state index contributed by atoms with van der Waals surface area (Å²) < 4.78 is 119. The molecule has 2 rings (SSSR count). The second-order valence-corrected chi connectivity index (χ2v) is 6.69. The van der Waals surface area contributed by atoms with E-state index >= 15 is 0 Å². The van der Waals surface area contributed by atoms with Crippen LogP contribution in [0, 0.1) is 12.8 Å². The molecule has 156 valence electrons. The van der Waals surface area contributed by atoms with Gasteiger partial charge in [0.15, 0.2) is 5.78 Å². The summed E-state index contributed by atoms with van der Waals surface area (Å²) in [4.78, 5) is 12.2. The third kappa shape index (κ3) is 3.30. The van der Waals surface area contributed by atoms with Crippen molar-refractivity contribution in [3.05, 3.63) is 41.0 Å². The number of benzene rings is 1. The van der Waals surface area contributed by atoms with Crippen molar-refractivity contribution < 1.29 is 44.3 Å². The molecule has 1 unspecified atom stereocenters. The molecule has 1 atom stereocenters. The number of hydrogen-bond acceptors (Lipinski definition) is 1. The Morgan fingerprint density at radius 2 is 1.32 bits per heavy atom. The molecule has 0 aromatic heterocycles. The summed E-state index contributed by atoms with van der Waals surface area (Å²) >= 11 is 0. The van der Waals surface area contributed by atoms with Gasteiger partial charge < -0.3 is 0 Å². The molecule has 0 spiro atoms. The van der Waals surface area contributed by atoms with Gasteiger partial charge in [0.2, 0.25) is 0 Å². The van der Waals surface area contributed by atoms with Crippen molar-refractivity contribution in [1.82, 2.24) is 0 Å². The first-order valence-electron chi connectivity index (χ1n) is 8.07. The summed E-state index contributed by atoms with van der Waals surface area (Å²) in [6.45, 7) is 2.82. The predicted octanol–water partition coefficient (Wildman–Crippen LogP) is 6.22. The van der Waals surface area contributed by atoms with Crippen LogP contribution in [0.4, 0.5) is 39.5 Å². The average molecular weight is 418 g/mol. The van der Waals surface area contributed by atoms with Gasteiger partial charge in [0.25, 0.3) is 0 Å². The number of alkyl halides is 9. The molecule has 10 heteroatoms. The molecule has 28 heavy (non-hydrogen) atoms. The van der Waals surface area contributed by atoms with Gasteiger partial charge in [-0.05, 0) is 43.4 Å². The van der Waals surface area contributed by atoms with E-state index in [1.165, 1.54) is 0 Å². The lowest BCUT2D eigenvalue weighted by Gasteiger charge is -2.38. The van der Waals surface area contributed by atoms with E-state index in [1.54, 1.807) is 31.2 Å². The largest absolute Gasteiger partial charge is 0.460 e. The molecular formula is C18H15F9O. The van der Waals surface area contributed by atoms with Crippen molar-refractivity contribution in [2.45, 2.75) is 50.6 Å². The van der Waals surface area contributed by atoms with Gasteiger partial charge in [0.05, 0.1) is 5.92 Å². The lowest BCUT2D eigenvalue weighted by Crippen LogP contribution is -2.64. The smallest absolute Gasteiger partial charge is 0.294 e. The fourth-order valence-electron chi connectivity index (χ4n) is 3.08. The highest BCUT2D eigenvalue weighted by Crippen LogP contribution is 2.57. The van der Waals surface area contributed by atoms with Crippen molar-refractivity contribution in [1.29, 1.82) is 0 Å². The van der Waals surface area contributed by atoms with Crippen LogP contribution < -0.4 is 0 Å². The molecule has 0 radical (unpaired) electrons. The number of hydrogen-bond donors (Lipinski definition) is 0. The fourth-order valence-corrected chi connectivity index (χ4v) is 3.08. The molecule has 0 aliphatic heterocycles. The Hall–Kier alpha value is -2.00. The number of halogens is 9. The normalized spacial score (nSPS) is 20.0. The van der Waals surface area contributed by atoms with Gasteiger partial charge in [0.1, 0.15) is 0 Å². The third-order valence-electron chi connectivity index (χ3n) is 4.83. The molecule has 1 aliphatic rings. The monoisotopic (exact) mass is 418 g/mol.